The largest absolute Gasteiger partial charge is 0.493 e. The zero-order chi connectivity index (χ0) is 21.9. The van der Waals surface area contributed by atoms with Crippen LogP contribution in [-0.2, 0) is 0 Å². The van der Waals surface area contributed by atoms with Gasteiger partial charge in [-0.3, -0.25) is 9.89 Å². The van der Waals surface area contributed by atoms with Crippen LogP contribution < -0.4 is 25.0 Å². The Morgan fingerprint density at radius 1 is 1.06 bits per heavy atom. The van der Waals surface area contributed by atoms with E-state index in [9.17, 15) is 0 Å². The second kappa shape index (κ2) is 11.9. The van der Waals surface area contributed by atoms with E-state index >= 15 is 0 Å². The molecule has 0 bridgehead atoms. The highest BCUT2D eigenvalue weighted by atomic mass is 16.5. The van der Waals surface area contributed by atoms with Crippen LogP contribution in [0.2, 0.25) is 0 Å². The number of para-hydroxylation sites is 2. The predicted molar refractivity (Wildman–Crippen MR) is 123 cm³/mol. The molecule has 1 saturated heterocycles. The maximum atomic E-state index is 5.98. The third-order valence-corrected chi connectivity index (χ3v) is 5.11. The summed E-state index contributed by atoms with van der Waals surface area (Å²) in [6.45, 7) is 8.30. The monoisotopic (exact) mass is 427 g/mol. The normalized spacial score (nSPS) is 16.0. The van der Waals surface area contributed by atoms with Crippen molar-refractivity contribution >= 4 is 11.9 Å². The first-order chi connectivity index (χ1) is 15.2. The van der Waals surface area contributed by atoms with Crippen LogP contribution in [0.1, 0.15) is 6.92 Å². The van der Waals surface area contributed by atoms with E-state index in [1.54, 1.807) is 26.6 Å². The summed E-state index contributed by atoms with van der Waals surface area (Å²) >= 11 is 0. The summed E-state index contributed by atoms with van der Waals surface area (Å²) in [4.78, 5) is 17.6. The second-order valence-electron chi connectivity index (χ2n) is 7.34. The van der Waals surface area contributed by atoms with E-state index in [-0.39, 0.29) is 6.10 Å². The lowest BCUT2D eigenvalue weighted by molar-refractivity contribution is 0.213. The van der Waals surface area contributed by atoms with E-state index in [2.05, 4.69) is 35.4 Å². The first kappa shape index (κ1) is 22.6. The molecule has 1 atom stereocenters. The average molecular weight is 428 g/mol. The number of aliphatic imine (C=N–C) groups is 1. The minimum atomic E-state index is -0.0388. The van der Waals surface area contributed by atoms with Crippen molar-refractivity contribution in [1.82, 2.24) is 25.5 Å². The van der Waals surface area contributed by atoms with Crippen LogP contribution in [0.25, 0.3) is 0 Å². The fourth-order valence-corrected chi connectivity index (χ4v) is 3.39. The highest BCUT2D eigenvalue weighted by Crippen LogP contribution is 2.26. The molecule has 0 aliphatic carbocycles. The van der Waals surface area contributed by atoms with Gasteiger partial charge in [0.25, 0.3) is 0 Å². The molecule has 1 aliphatic heterocycles. The van der Waals surface area contributed by atoms with Crippen LogP contribution >= 0.6 is 0 Å². The average Bonchev–Trinajstić information content (AvgIpc) is 2.82. The molecular formula is C22H33N7O2. The van der Waals surface area contributed by atoms with Gasteiger partial charge in [0.2, 0.25) is 5.95 Å². The van der Waals surface area contributed by atoms with Crippen LogP contribution in [0.5, 0.6) is 11.5 Å². The number of hydrogen-bond acceptors (Lipinski definition) is 7. The minimum absolute atomic E-state index is 0.0388. The van der Waals surface area contributed by atoms with Gasteiger partial charge in [0.15, 0.2) is 17.5 Å². The van der Waals surface area contributed by atoms with Gasteiger partial charge in [0.1, 0.15) is 6.10 Å². The smallest absolute Gasteiger partial charge is 0.225 e. The van der Waals surface area contributed by atoms with E-state index in [1.165, 1.54) is 0 Å². The number of methoxy groups -OCH3 is 1. The maximum Gasteiger partial charge on any atom is 0.225 e. The molecule has 0 saturated carbocycles. The molecule has 168 valence electrons. The first-order valence-corrected chi connectivity index (χ1v) is 10.7. The third-order valence-electron chi connectivity index (χ3n) is 5.11. The first-order valence-electron chi connectivity index (χ1n) is 10.7. The van der Waals surface area contributed by atoms with Crippen molar-refractivity contribution in [2.75, 3.05) is 64.9 Å². The molecule has 3 rings (SSSR count). The van der Waals surface area contributed by atoms with Gasteiger partial charge in [0.05, 0.1) is 13.7 Å². The minimum Gasteiger partial charge on any atom is -0.493 e. The molecule has 1 fully saturated rings. The standard InChI is InChI=1S/C22H33N7O2/c1-18(31-20-8-5-4-7-19(20)30-3)17-27-21(23-2)24-11-12-28-13-15-29(16-14-28)22-25-9-6-10-26-22/h4-10,18H,11-17H2,1-3H3,(H2,23,24,27). The van der Waals surface area contributed by atoms with Gasteiger partial charge in [-0.15, -0.1) is 0 Å². The van der Waals surface area contributed by atoms with Crippen LogP contribution in [0, 0.1) is 0 Å². The van der Waals surface area contributed by atoms with Crippen LogP contribution in [0.4, 0.5) is 5.95 Å². The van der Waals surface area contributed by atoms with Crippen molar-refractivity contribution in [2.45, 2.75) is 13.0 Å². The lowest BCUT2D eigenvalue weighted by atomic mass is 10.3. The summed E-state index contributed by atoms with van der Waals surface area (Å²) in [6, 6.07) is 9.51. The summed E-state index contributed by atoms with van der Waals surface area (Å²) in [6.07, 6.45) is 3.54. The Labute approximate surface area is 184 Å². The summed E-state index contributed by atoms with van der Waals surface area (Å²) in [7, 11) is 3.42. The van der Waals surface area contributed by atoms with Gasteiger partial charge in [0, 0.05) is 58.7 Å². The summed E-state index contributed by atoms with van der Waals surface area (Å²) in [5, 5.41) is 6.70. The van der Waals surface area contributed by atoms with Crippen molar-refractivity contribution in [2.24, 2.45) is 4.99 Å². The Kier molecular flexibility index (Phi) is 8.71. The Bertz CT molecular complexity index is 811. The second-order valence-corrected chi connectivity index (χ2v) is 7.34. The van der Waals surface area contributed by atoms with E-state index in [0.29, 0.717) is 6.54 Å². The van der Waals surface area contributed by atoms with Crippen LogP contribution in [-0.4, -0.2) is 86.9 Å². The molecule has 1 aromatic carbocycles. The molecule has 2 N–H and O–H groups in total. The van der Waals surface area contributed by atoms with Crippen molar-refractivity contribution in [3.05, 3.63) is 42.7 Å². The topological polar surface area (TPSA) is 87.1 Å². The Hall–Kier alpha value is -3.07. The van der Waals surface area contributed by atoms with Gasteiger partial charge >= 0.3 is 0 Å². The van der Waals surface area contributed by atoms with Crippen molar-refractivity contribution in [3.8, 4) is 11.5 Å². The van der Waals surface area contributed by atoms with Gasteiger partial charge in [-0.2, -0.15) is 0 Å². The van der Waals surface area contributed by atoms with E-state index < -0.39 is 0 Å². The molecule has 2 heterocycles. The predicted octanol–water partition coefficient (Wildman–Crippen LogP) is 1.24. The lowest BCUT2D eigenvalue weighted by Gasteiger charge is -2.34. The third kappa shape index (κ3) is 6.99. The number of aromatic nitrogens is 2. The van der Waals surface area contributed by atoms with Crippen molar-refractivity contribution < 1.29 is 9.47 Å². The SMILES string of the molecule is CN=C(NCCN1CCN(c2ncccn2)CC1)NCC(C)Oc1ccccc1OC. The zero-order valence-electron chi connectivity index (χ0n) is 18.6. The fraction of sp³-hybridized carbons (Fsp3) is 0.500. The molecule has 0 radical (unpaired) electrons. The van der Waals surface area contributed by atoms with Gasteiger partial charge < -0.3 is 25.0 Å². The van der Waals surface area contributed by atoms with Crippen LogP contribution in [0.15, 0.2) is 47.7 Å². The summed E-state index contributed by atoms with van der Waals surface area (Å²) in [5.41, 5.74) is 0. The molecule has 9 nitrogen and oxygen atoms in total. The Morgan fingerprint density at radius 3 is 2.45 bits per heavy atom. The Morgan fingerprint density at radius 2 is 1.77 bits per heavy atom. The maximum absolute atomic E-state index is 5.98. The Balaban J connectivity index is 1.33. The molecule has 1 unspecified atom stereocenters. The zero-order valence-corrected chi connectivity index (χ0v) is 18.6. The number of benzene rings is 1. The number of nitrogens with one attached hydrogen (secondary N) is 2. The number of anilines is 1. The van der Waals surface area contributed by atoms with Crippen molar-refractivity contribution in [3.63, 3.8) is 0 Å². The number of ether oxygens (including phenoxy) is 2. The molecule has 0 amide bonds. The van der Waals surface area contributed by atoms with Gasteiger partial charge in [-0.05, 0) is 25.1 Å². The fourth-order valence-electron chi connectivity index (χ4n) is 3.39. The molecule has 9 heteroatoms. The quantitative estimate of drug-likeness (QED) is 0.457. The van der Waals surface area contributed by atoms with Gasteiger partial charge in [-0.1, -0.05) is 12.1 Å². The van der Waals surface area contributed by atoms with E-state index in [1.807, 2.05) is 37.3 Å². The highest BCUT2D eigenvalue weighted by molar-refractivity contribution is 5.79. The molecule has 0 spiro atoms. The van der Waals surface area contributed by atoms with Crippen molar-refractivity contribution in [1.29, 1.82) is 0 Å². The number of piperazine rings is 1. The number of nitrogens with zero attached hydrogens (tertiary/aromatic N) is 5. The van der Waals surface area contributed by atoms with Crippen LogP contribution in [0.3, 0.4) is 0 Å². The number of hydrogen-bond donors (Lipinski definition) is 2. The lowest BCUT2D eigenvalue weighted by Crippen LogP contribution is -2.50. The summed E-state index contributed by atoms with van der Waals surface area (Å²) < 4.78 is 11.3. The van der Waals surface area contributed by atoms with E-state index in [0.717, 1.165) is 62.7 Å². The molecule has 2 aromatic rings. The highest BCUT2D eigenvalue weighted by Gasteiger charge is 2.18. The number of guanidine groups is 1. The molecular weight excluding hydrogens is 394 g/mol. The molecule has 1 aromatic heterocycles. The van der Waals surface area contributed by atoms with E-state index in [4.69, 9.17) is 9.47 Å². The van der Waals surface area contributed by atoms with Gasteiger partial charge in [-0.25, -0.2) is 9.97 Å². The molecule has 1 aliphatic rings. The summed E-state index contributed by atoms with van der Waals surface area (Å²) in [5.74, 6) is 3.05. The molecule has 31 heavy (non-hydrogen) atoms. The number of rotatable bonds is 9.